The smallest absolute Gasteiger partial charge is 0.164 e. The first-order valence-corrected chi connectivity index (χ1v) is 3.11. The number of hydrogen-bond acceptors (Lipinski definition) is 3. The van der Waals surface area contributed by atoms with Gasteiger partial charge in [-0.3, -0.25) is 0 Å². The molecular weight excluding hydrogens is 156 g/mol. The van der Waals surface area contributed by atoms with Gasteiger partial charge in [0.1, 0.15) is 5.15 Å². The fraction of sp³-hybridized carbons (Fsp3) is 0. The molecule has 46 valence electrons. The van der Waals surface area contributed by atoms with Crippen molar-refractivity contribution in [3.8, 4) is 0 Å². The molecule has 2 nitrogen and oxygen atoms in total. The number of rotatable bonds is 1. The Hall–Kier alpha value is -0.540. The number of nitrogens with zero attached hydrogens (tertiary/aromatic N) is 2. The van der Waals surface area contributed by atoms with Crippen LogP contribution >= 0.6 is 23.8 Å². The zero-order valence-electron chi connectivity index (χ0n) is 4.41. The molecule has 0 atom stereocenters. The summed E-state index contributed by atoms with van der Waals surface area (Å²) in [6, 6.07) is 1.60. The molecule has 0 N–H and O–H groups in total. The number of hydrogen-bond donors (Lipinski definition) is 0. The standard InChI is InChI=1S/C5H3ClN2S/c6-4-1-2-7-5(3-9)8-4/h1-3H. The highest BCUT2D eigenvalue weighted by atomic mass is 35.5. The van der Waals surface area contributed by atoms with Crippen LogP contribution in [0.25, 0.3) is 0 Å². The van der Waals surface area contributed by atoms with Gasteiger partial charge in [0.2, 0.25) is 0 Å². The van der Waals surface area contributed by atoms with E-state index in [0.717, 1.165) is 0 Å². The summed E-state index contributed by atoms with van der Waals surface area (Å²) in [5.41, 5.74) is 0. The van der Waals surface area contributed by atoms with Crippen LogP contribution in [0, 0.1) is 0 Å². The zero-order chi connectivity index (χ0) is 6.69. The normalized spacial score (nSPS) is 9.00. The quantitative estimate of drug-likeness (QED) is 0.458. The van der Waals surface area contributed by atoms with E-state index < -0.39 is 0 Å². The predicted molar refractivity (Wildman–Crippen MR) is 39.8 cm³/mol. The average Bonchev–Trinajstić information content (AvgIpc) is 1.88. The second-order valence-electron chi connectivity index (χ2n) is 1.36. The monoisotopic (exact) mass is 158 g/mol. The van der Waals surface area contributed by atoms with Crippen LogP contribution in [0.15, 0.2) is 12.3 Å². The Morgan fingerprint density at radius 2 is 2.44 bits per heavy atom. The Labute approximate surface area is 62.9 Å². The van der Waals surface area contributed by atoms with Crippen molar-refractivity contribution in [2.24, 2.45) is 0 Å². The maximum Gasteiger partial charge on any atom is 0.164 e. The summed E-state index contributed by atoms with van der Waals surface area (Å²) in [4.78, 5) is 7.59. The summed E-state index contributed by atoms with van der Waals surface area (Å²) in [6.45, 7) is 0. The lowest BCUT2D eigenvalue weighted by Crippen LogP contribution is -1.88. The summed E-state index contributed by atoms with van der Waals surface area (Å²) < 4.78 is 0. The fourth-order valence-electron chi connectivity index (χ4n) is 0.407. The Morgan fingerprint density at radius 3 is 2.89 bits per heavy atom. The molecule has 1 aromatic heterocycles. The topological polar surface area (TPSA) is 25.8 Å². The highest BCUT2D eigenvalue weighted by Gasteiger charge is 1.89. The molecule has 0 amide bonds. The molecule has 1 rings (SSSR count). The van der Waals surface area contributed by atoms with Gasteiger partial charge in [-0.05, 0) is 6.07 Å². The van der Waals surface area contributed by atoms with Crippen LogP contribution in [0.3, 0.4) is 0 Å². The van der Waals surface area contributed by atoms with Gasteiger partial charge in [0, 0.05) is 11.6 Å². The average molecular weight is 159 g/mol. The number of aromatic nitrogens is 2. The van der Waals surface area contributed by atoms with Gasteiger partial charge in [0.05, 0.1) is 0 Å². The van der Waals surface area contributed by atoms with E-state index in [1.165, 1.54) is 5.37 Å². The first kappa shape index (κ1) is 6.58. The molecule has 1 heterocycles. The third-order valence-corrected chi connectivity index (χ3v) is 1.17. The Bertz CT molecular complexity index is 226. The molecule has 0 spiro atoms. The van der Waals surface area contributed by atoms with Crippen molar-refractivity contribution in [3.63, 3.8) is 0 Å². The first-order valence-electron chi connectivity index (χ1n) is 2.26. The molecule has 0 aliphatic rings. The van der Waals surface area contributed by atoms with Crippen LogP contribution in [-0.2, 0) is 0 Å². The van der Waals surface area contributed by atoms with Crippen molar-refractivity contribution in [1.29, 1.82) is 0 Å². The van der Waals surface area contributed by atoms with Crippen molar-refractivity contribution < 1.29 is 0 Å². The molecule has 0 aliphatic heterocycles. The lowest BCUT2D eigenvalue weighted by Gasteiger charge is -1.87. The van der Waals surface area contributed by atoms with Crippen LogP contribution < -0.4 is 0 Å². The molecule has 0 saturated carbocycles. The molecule has 0 bridgehead atoms. The van der Waals surface area contributed by atoms with E-state index in [2.05, 4.69) is 22.2 Å². The molecule has 0 fully saturated rings. The Kier molecular flexibility index (Phi) is 2.08. The molecule has 0 aliphatic carbocycles. The molecule has 0 saturated heterocycles. The molecule has 4 heteroatoms. The van der Waals surface area contributed by atoms with E-state index in [1.54, 1.807) is 12.3 Å². The largest absolute Gasteiger partial charge is 0.236 e. The summed E-state index contributed by atoms with van der Waals surface area (Å²) in [5, 5.41) is 1.80. The van der Waals surface area contributed by atoms with Gasteiger partial charge in [0.15, 0.2) is 5.82 Å². The maximum absolute atomic E-state index is 5.51. The summed E-state index contributed by atoms with van der Waals surface area (Å²) >= 11 is 10.1. The fourth-order valence-corrected chi connectivity index (χ4v) is 0.664. The Morgan fingerprint density at radius 1 is 1.67 bits per heavy atom. The third kappa shape index (κ3) is 1.69. The second kappa shape index (κ2) is 2.85. The van der Waals surface area contributed by atoms with Crippen molar-refractivity contribution in [1.82, 2.24) is 9.97 Å². The van der Waals surface area contributed by atoms with Crippen molar-refractivity contribution >= 4 is 29.2 Å². The van der Waals surface area contributed by atoms with Crippen LogP contribution in [-0.4, -0.2) is 15.3 Å². The van der Waals surface area contributed by atoms with Crippen molar-refractivity contribution in [3.05, 3.63) is 23.2 Å². The van der Waals surface area contributed by atoms with E-state index in [0.29, 0.717) is 11.0 Å². The van der Waals surface area contributed by atoms with Crippen LogP contribution in [0.4, 0.5) is 0 Å². The van der Waals surface area contributed by atoms with Crippen LogP contribution in [0.2, 0.25) is 5.15 Å². The second-order valence-corrected chi connectivity index (χ2v) is 1.98. The molecule has 0 unspecified atom stereocenters. The SMILES string of the molecule is S=Cc1nccc(Cl)n1. The van der Waals surface area contributed by atoms with Gasteiger partial charge in [-0.1, -0.05) is 23.8 Å². The molecule has 9 heavy (non-hydrogen) atoms. The minimum atomic E-state index is 0.418. The van der Waals surface area contributed by atoms with E-state index in [1.807, 2.05) is 0 Å². The van der Waals surface area contributed by atoms with Gasteiger partial charge < -0.3 is 0 Å². The highest BCUT2D eigenvalue weighted by Crippen LogP contribution is 1.99. The summed E-state index contributed by atoms with van der Waals surface area (Å²) in [5.74, 6) is 0.484. The first-order chi connectivity index (χ1) is 4.33. The van der Waals surface area contributed by atoms with Crippen molar-refractivity contribution in [2.75, 3.05) is 0 Å². The van der Waals surface area contributed by atoms with E-state index in [9.17, 15) is 0 Å². The molecule has 0 radical (unpaired) electrons. The third-order valence-electron chi connectivity index (χ3n) is 0.746. The number of halogens is 1. The molecular formula is C5H3ClN2S. The number of thiocarbonyl (C=S) groups is 1. The summed E-state index contributed by atoms with van der Waals surface area (Å²) in [6.07, 6.45) is 1.56. The van der Waals surface area contributed by atoms with Gasteiger partial charge in [-0.15, -0.1) is 0 Å². The minimum Gasteiger partial charge on any atom is -0.236 e. The lowest BCUT2D eigenvalue weighted by molar-refractivity contribution is 1.15. The van der Waals surface area contributed by atoms with Crippen LogP contribution in [0.1, 0.15) is 5.82 Å². The van der Waals surface area contributed by atoms with E-state index in [4.69, 9.17) is 11.6 Å². The van der Waals surface area contributed by atoms with Gasteiger partial charge >= 0.3 is 0 Å². The van der Waals surface area contributed by atoms with Crippen LogP contribution in [0.5, 0.6) is 0 Å². The van der Waals surface area contributed by atoms with Crippen molar-refractivity contribution in [2.45, 2.75) is 0 Å². The lowest BCUT2D eigenvalue weighted by atomic mass is 10.6. The predicted octanol–water partition coefficient (Wildman–Crippen LogP) is 1.48. The van der Waals surface area contributed by atoms with Gasteiger partial charge in [-0.2, -0.15) is 0 Å². The van der Waals surface area contributed by atoms with E-state index in [-0.39, 0.29) is 0 Å². The van der Waals surface area contributed by atoms with Gasteiger partial charge in [-0.25, -0.2) is 9.97 Å². The molecule has 0 aromatic carbocycles. The van der Waals surface area contributed by atoms with Gasteiger partial charge in [0.25, 0.3) is 0 Å². The maximum atomic E-state index is 5.51. The minimum absolute atomic E-state index is 0.418. The molecule has 1 aromatic rings. The highest BCUT2D eigenvalue weighted by molar-refractivity contribution is 7.79. The Balaban J connectivity index is 3.07. The zero-order valence-corrected chi connectivity index (χ0v) is 5.99. The van der Waals surface area contributed by atoms with E-state index >= 15 is 0 Å². The summed E-state index contributed by atoms with van der Waals surface area (Å²) in [7, 11) is 0.